The van der Waals surface area contributed by atoms with Gasteiger partial charge in [0.2, 0.25) is 0 Å². The van der Waals surface area contributed by atoms with E-state index >= 15 is 0 Å². The van der Waals surface area contributed by atoms with Crippen LogP contribution in [0.15, 0.2) is 73.3 Å². The first kappa shape index (κ1) is 17.8. The first-order valence-corrected chi connectivity index (χ1v) is 8.26. The number of carbonyl (C=O) groups is 1. The number of amides is 2. The van der Waals surface area contributed by atoms with Gasteiger partial charge in [-0.2, -0.15) is 0 Å². The van der Waals surface area contributed by atoms with Crippen molar-refractivity contribution in [1.29, 1.82) is 0 Å². The predicted octanol–water partition coefficient (Wildman–Crippen LogP) is 4.88. The summed E-state index contributed by atoms with van der Waals surface area (Å²) in [7, 11) is 0. The number of nitrogens with zero attached hydrogens (tertiary/aromatic N) is 1. The summed E-state index contributed by atoms with van der Waals surface area (Å²) in [4.78, 5) is 14.7. The molecule has 0 spiro atoms. The van der Waals surface area contributed by atoms with Gasteiger partial charge in [0.25, 0.3) is 0 Å². The molecule has 0 radical (unpaired) electrons. The maximum Gasteiger partial charge on any atom is 0.318 e. The monoisotopic (exact) mass is 322 g/mol. The highest BCUT2D eigenvalue weighted by molar-refractivity contribution is 5.76. The zero-order valence-electron chi connectivity index (χ0n) is 14.7. The number of nitrogens with one attached hydrogen (secondary N) is 1. The largest absolute Gasteiger partial charge is 0.329 e. The molecule has 0 saturated heterocycles. The molecule has 1 unspecified atom stereocenters. The second kappa shape index (κ2) is 7.82. The maximum absolute atomic E-state index is 12.9. The number of rotatable bonds is 6. The lowest BCUT2D eigenvalue weighted by Crippen LogP contribution is -2.49. The Balaban J connectivity index is 2.19. The van der Waals surface area contributed by atoms with Crippen molar-refractivity contribution < 1.29 is 4.79 Å². The second-order valence-corrected chi connectivity index (χ2v) is 6.45. The lowest BCUT2D eigenvalue weighted by molar-refractivity contribution is 0.176. The van der Waals surface area contributed by atoms with E-state index in [1.54, 1.807) is 11.0 Å². The molecule has 24 heavy (non-hydrogen) atoms. The first-order valence-electron chi connectivity index (χ1n) is 8.26. The Hall–Kier alpha value is -2.55. The average Bonchev–Trinajstić information content (AvgIpc) is 2.60. The fourth-order valence-electron chi connectivity index (χ4n) is 2.73. The van der Waals surface area contributed by atoms with Gasteiger partial charge in [0.05, 0.1) is 11.6 Å². The Morgan fingerprint density at radius 3 is 2.21 bits per heavy atom. The van der Waals surface area contributed by atoms with Gasteiger partial charge < -0.3 is 10.2 Å². The fourth-order valence-corrected chi connectivity index (χ4v) is 2.73. The third-order valence-electron chi connectivity index (χ3n) is 4.25. The Kier molecular flexibility index (Phi) is 5.80. The van der Waals surface area contributed by atoms with Gasteiger partial charge >= 0.3 is 6.03 Å². The van der Waals surface area contributed by atoms with Gasteiger partial charge in [-0.25, -0.2) is 4.79 Å². The molecule has 3 heteroatoms. The molecule has 0 saturated carbocycles. The Bertz CT molecular complexity index is 665. The summed E-state index contributed by atoms with van der Waals surface area (Å²) in [5.74, 6) is 0. The number of benzene rings is 2. The van der Waals surface area contributed by atoms with E-state index in [0.717, 1.165) is 11.1 Å². The van der Waals surface area contributed by atoms with Gasteiger partial charge in [-0.3, -0.25) is 0 Å². The summed E-state index contributed by atoms with van der Waals surface area (Å²) >= 11 is 0. The topological polar surface area (TPSA) is 32.3 Å². The number of hydrogen-bond acceptors (Lipinski definition) is 1. The SMILES string of the molecule is C=CCN(C(=O)NC(C)(C)c1ccccc1)C(C)c1ccccc1. The molecule has 2 amide bonds. The molecule has 0 aliphatic rings. The van der Waals surface area contributed by atoms with Crippen LogP contribution in [0.2, 0.25) is 0 Å². The van der Waals surface area contributed by atoms with E-state index in [2.05, 4.69) is 11.9 Å². The standard InChI is InChI=1S/C21H26N2O/c1-5-16-23(17(2)18-12-8-6-9-13-18)20(24)22-21(3,4)19-14-10-7-11-15-19/h5-15,17H,1,16H2,2-4H3,(H,22,24). The molecule has 0 aromatic heterocycles. The Morgan fingerprint density at radius 1 is 1.12 bits per heavy atom. The number of urea groups is 1. The van der Waals surface area contributed by atoms with Crippen LogP contribution < -0.4 is 5.32 Å². The molecule has 3 nitrogen and oxygen atoms in total. The molecule has 0 fully saturated rings. The molecular weight excluding hydrogens is 296 g/mol. The van der Waals surface area contributed by atoms with Crippen molar-refractivity contribution in [3.8, 4) is 0 Å². The van der Waals surface area contributed by atoms with Crippen molar-refractivity contribution in [2.45, 2.75) is 32.4 Å². The highest BCUT2D eigenvalue weighted by Gasteiger charge is 2.27. The minimum absolute atomic E-state index is 0.0317. The molecule has 126 valence electrons. The molecule has 0 heterocycles. The average molecular weight is 322 g/mol. The summed E-state index contributed by atoms with van der Waals surface area (Å²) in [6.07, 6.45) is 1.76. The van der Waals surface area contributed by atoms with E-state index in [1.165, 1.54) is 0 Å². The van der Waals surface area contributed by atoms with Gasteiger partial charge in [-0.1, -0.05) is 66.7 Å². The minimum Gasteiger partial charge on any atom is -0.329 e. The van der Waals surface area contributed by atoms with Crippen LogP contribution >= 0.6 is 0 Å². The van der Waals surface area contributed by atoms with Gasteiger partial charge in [-0.05, 0) is 31.9 Å². The van der Waals surface area contributed by atoms with Crippen LogP contribution in [0.25, 0.3) is 0 Å². The van der Waals surface area contributed by atoms with E-state index in [1.807, 2.05) is 81.4 Å². The third-order valence-corrected chi connectivity index (χ3v) is 4.25. The Labute approximate surface area is 145 Å². The van der Waals surface area contributed by atoms with Crippen LogP contribution in [-0.2, 0) is 5.54 Å². The van der Waals surface area contributed by atoms with Crippen LogP contribution in [0.5, 0.6) is 0 Å². The minimum atomic E-state index is -0.450. The highest BCUT2D eigenvalue weighted by Crippen LogP contribution is 2.23. The fraction of sp³-hybridized carbons (Fsp3) is 0.286. The van der Waals surface area contributed by atoms with Crippen molar-refractivity contribution in [3.63, 3.8) is 0 Å². The molecule has 2 aromatic rings. The summed E-state index contributed by atoms with van der Waals surface area (Å²) in [6.45, 7) is 10.3. The van der Waals surface area contributed by atoms with Crippen molar-refractivity contribution >= 4 is 6.03 Å². The van der Waals surface area contributed by atoms with E-state index in [9.17, 15) is 4.79 Å². The number of carbonyl (C=O) groups excluding carboxylic acids is 1. The normalized spacial score (nSPS) is 12.3. The van der Waals surface area contributed by atoms with Crippen LogP contribution in [0, 0.1) is 0 Å². The van der Waals surface area contributed by atoms with E-state index < -0.39 is 5.54 Å². The van der Waals surface area contributed by atoms with E-state index in [-0.39, 0.29) is 12.1 Å². The summed E-state index contributed by atoms with van der Waals surface area (Å²) < 4.78 is 0. The first-order chi connectivity index (χ1) is 11.5. The van der Waals surface area contributed by atoms with Crippen molar-refractivity contribution in [2.75, 3.05) is 6.54 Å². The molecule has 1 atom stereocenters. The smallest absolute Gasteiger partial charge is 0.318 e. The lowest BCUT2D eigenvalue weighted by Gasteiger charge is -2.34. The van der Waals surface area contributed by atoms with Crippen molar-refractivity contribution in [1.82, 2.24) is 10.2 Å². The van der Waals surface area contributed by atoms with E-state index in [4.69, 9.17) is 0 Å². The number of hydrogen-bond donors (Lipinski definition) is 1. The second-order valence-electron chi connectivity index (χ2n) is 6.45. The summed E-state index contributed by atoms with van der Waals surface area (Å²) in [5.41, 5.74) is 1.73. The maximum atomic E-state index is 12.9. The summed E-state index contributed by atoms with van der Waals surface area (Å²) in [6, 6.07) is 19.9. The third kappa shape index (κ3) is 4.25. The quantitative estimate of drug-likeness (QED) is 0.755. The van der Waals surface area contributed by atoms with Crippen LogP contribution in [0.1, 0.15) is 37.9 Å². The Morgan fingerprint density at radius 2 is 1.67 bits per heavy atom. The van der Waals surface area contributed by atoms with Crippen LogP contribution in [-0.4, -0.2) is 17.5 Å². The zero-order valence-corrected chi connectivity index (χ0v) is 14.7. The van der Waals surface area contributed by atoms with E-state index in [0.29, 0.717) is 6.54 Å². The van der Waals surface area contributed by atoms with Gasteiger partial charge in [0.15, 0.2) is 0 Å². The van der Waals surface area contributed by atoms with Gasteiger partial charge in [-0.15, -0.1) is 6.58 Å². The van der Waals surface area contributed by atoms with Gasteiger partial charge in [0.1, 0.15) is 0 Å². The van der Waals surface area contributed by atoms with Crippen LogP contribution in [0.4, 0.5) is 4.79 Å². The molecule has 0 bridgehead atoms. The summed E-state index contributed by atoms with van der Waals surface area (Å²) in [5, 5.41) is 3.15. The highest BCUT2D eigenvalue weighted by atomic mass is 16.2. The molecule has 0 aliphatic carbocycles. The van der Waals surface area contributed by atoms with Crippen molar-refractivity contribution in [2.24, 2.45) is 0 Å². The molecule has 2 rings (SSSR count). The predicted molar refractivity (Wildman–Crippen MR) is 99.8 cm³/mol. The molecule has 2 aromatic carbocycles. The zero-order chi connectivity index (χ0) is 17.6. The van der Waals surface area contributed by atoms with Gasteiger partial charge in [0, 0.05) is 6.54 Å². The van der Waals surface area contributed by atoms with Crippen molar-refractivity contribution in [3.05, 3.63) is 84.4 Å². The molecule has 0 aliphatic heterocycles. The molecular formula is C21H26N2O. The van der Waals surface area contributed by atoms with Crippen LogP contribution in [0.3, 0.4) is 0 Å². The lowest BCUT2D eigenvalue weighted by atomic mass is 9.94. The molecule has 1 N–H and O–H groups in total.